The van der Waals surface area contributed by atoms with Crippen molar-refractivity contribution in [1.82, 2.24) is 0 Å². The lowest BCUT2D eigenvalue weighted by atomic mass is 9.94. The first kappa shape index (κ1) is 23.6. The Morgan fingerprint density at radius 1 is 0.647 bits per heavy atom. The molecule has 0 fully saturated rings. The van der Waals surface area contributed by atoms with E-state index in [0.717, 1.165) is 36.4 Å². The monoisotopic (exact) mass is 464 g/mol. The molecular weight excluding hydrogens is 458 g/mol. The van der Waals surface area contributed by atoms with E-state index in [1.165, 1.54) is 6.07 Å². The van der Waals surface area contributed by atoms with Crippen molar-refractivity contribution in [2.24, 2.45) is 0 Å². The van der Waals surface area contributed by atoms with Crippen molar-refractivity contribution in [3.8, 4) is 35.4 Å². The average Bonchev–Trinajstić information content (AvgIpc) is 2.82. The van der Waals surface area contributed by atoms with Crippen LogP contribution in [0.3, 0.4) is 0 Å². The maximum atomic E-state index is 14.7. The maximum absolute atomic E-state index is 14.7. The highest BCUT2D eigenvalue weighted by atomic mass is 19.2. The zero-order valence-corrected chi connectivity index (χ0v) is 16.5. The molecule has 0 aliphatic rings. The lowest BCUT2D eigenvalue weighted by Crippen LogP contribution is -2.19. The topological polar surface area (TPSA) is 95.2 Å². The van der Waals surface area contributed by atoms with E-state index in [0.29, 0.717) is 6.07 Å². The molecule has 10 heteroatoms. The molecular formula is C24H6F6N4. The summed E-state index contributed by atoms with van der Waals surface area (Å²) in [4.78, 5) is 0. The first-order chi connectivity index (χ1) is 16.2. The minimum Gasteiger partial charge on any atom is -0.207 e. The molecule has 0 aromatic heterocycles. The van der Waals surface area contributed by atoms with Gasteiger partial charge in [0.2, 0.25) is 0 Å². The number of nitriles is 4. The molecule has 0 heterocycles. The third-order valence-corrected chi connectivity index (χ3v) is 4.76. The highest BCUT2D eigenvalue weighted by molar-refractivity contribution is 5.83. The van der Waals surface area contributed by atoms with Crippen LogP contribution in [0.5, 0.6) is 0 Å². The van der Waals surface area contributed by atoms with E-state index in [-0.39, 0.29) is 10.8 Å². The van der Waals surface area contributed by atoms with Crippen LogP contribution in [0.4, 0.5) is 26.3 Å². The van der Waals surface area contributed by atoms with E-state index in [2.05, 4.69) is 0 Å². The van der Waals surface area contributed by atoms with Crippen LogP contribution >= 0.6 is 0 Å². The molecule has 4 nitrogen and oxygen atoms in total. The van der Waals surface area contributed by atoms with Gasteiger partial charge in [-0.05, 0) is 23.8 Å². The molecule has 0 atom stereocenters. The zero-order chi connectivity index (χ0) is 25.2. The van der Waals surface area contributed by atoms with Crippen molar-refractivity contribution in [2.45, 2.75) is 0 Å². The van der Waals surface area contributed by atoms with Crippen LogP contribution in [0, 0.1) is 80.2 Å². The van der Waals surface area contributed by atoms with Gasteiger partial charge in [-0.15, -0.1) is 0 Å². The molecule has 0 saturated carbocycles. The average molecular weight is 464 g/mol. The van der Waals surface area contributed by atoms with Crippen LogP contribution in [0.2, 0.25) is 0 Å². The van der Waals surface area contributed by atoms with Gasteiger partial charge in [-0.3, -0.25) is 0 Å². The lowest BCUT2D eigenvalue weighted by molar-refractivity contribution is 0.447. The Labute approximate surface area is 187 Å². The third kappa shape index (κ3) is 3.81. The predicted molar refractivity (Wildman–Crippen MR) is 105 cm³/mol. The minimum absolute atomic E-state index is 0.0806. The van der Waals surface area contributed by atoms with Crippen molar-refractivity contribution in [1.29, 1.82) is 21.0 Å². The Hall–Kier alpha value is -5.06. The van der Waals surface area contributed by atoms with Gasteiger partial charge in [0.1, 0.15) is 47.0 Å². The summed E-state index contributed by atoms with van der Waals surface area (Å²) in [6.07, 6.45) is 0. The molecule has 0 aliphatic heterocycles. The zero-order valence-electron chi connectivity index (χ0n) is 16.5. The van der Waals surface area contributed by atoms with Crippen molar-refractivity contribution >= 4 is 11.1 Å². The fraction of sp³-hybridized carbons (Fsp3) is 0. The van der Waals surface area contributed by atoms with Crippen LogP contribution in [0.1, 0.15) is 11.1 Å². The predicted octanol–water partition coefficient (Wildman–Crippen LogP) is 3.98. The van der Waals surface area contributed by atoms with E-state index < -0.39 is 68.0 Å². The van der Waals surface area contributed by atoms with Gasteiger partial charge < -0.3 is 0 Å². The van der Waals surface area contributed by atoms with Crippen LogP contribution in [-0.4, -0.2) is 0 Å². The van der Waals surface area contributed by atoms with Crippen LogP contribution in [0.15, 0.2) is 36.4 Å². The fourth-order valence-corrected chi connectivity index (χ4v) is 3.20. The van der Waals surface area contributed by atoms with Gasteiger partial charge >= 0.3 is 0 Å². The largest absolute Gasteiger partial charge is 0.207 e. The van der Waals surface area contributed by atoms with Gasteiger partial charge in [-0.2, -0.15) is 21.0 Å². The lowest BCUT2D eigenvalue weighted by Gasteiger charge is -2.11. The third-order valence-electron chi connectivity index (χ3n) is 4.76. The van der Waals surface area contributed by atoms with Crippen molar-refractivity contribution in [2.75, 3.05) is 0 Å². The SMILES string of the molecule is N#CC(C#N)=c1cc/c(=C(/C#N)c2c(F)c(F)c(C#N)c(F)c2F)c(-c2ccc(F)cc2F)c1. The number of nitrogens with zero attached hydrogens (tertiary/aromatic N) is 4. The molecule has 0 spiro atoms. The van der Waals surface area contributed by atoms with E-state index in [1.807, 2.05) is 0 Å². The Kier molecular flexibility index (Phi) is 6.39. The first-order valence-electron chi connectivity index (χ1n) is 9.00. The molecule has 3 aromatic carbocycles. The second-order valence-corrected chi connectivity index (χ2v) is 6.59. The molecule has 0 amide bonds. The summed E-state index contributed by atoms with van der Waals surface area (Å²) in [5.41, 5.74) is -5.17. The molecule has 3 aromatic rings. The van der Waals surface area contributed by atoms with Crippen molar-refractivity contribution in [3.05, 3.63) is 92.9 Å². The smallest absolute Gasteiger partial charge is 0.180 e. The fourth-order valence-electron chi connectivity index (χ4n) is 3.20. The number of benzene rings is 3. The molecule has 0 bridgehead atoms. The van der Waals surface area contributed by atoms with Gasteiger partial charge in [0.05, 0.1) is 11.1 Å². The van der Waals surface area contributed by atoms with Gasteiger partial charge in [0.15, 0.2) is 23.3 Å². The summed E-state index contributed by atoms with van der Waals surface area (Å²) >= 11 is 0. The highest BCUT2D eigenvalue weighted by Crippen LogP contribution is 2.29. The molecule has 164 valence electrons. The van der Waals surface area contributed by atoms with Gasteiger partial charge in [-0.1, -0.05) is 12.1 Å². The summed E-state index contributed by atoms with van der Waals surface area (Å²) in [6.45, 7) is 0. The van der Waals surface area contributed by atoms with Crippen LogP contribution < -0.4 is 10.4 Å². The summed E-state index contributed by atoms with van der Waals surface area (Å²) < 4.78 is 85.8. The second-order valence-electron chi connectivity index (χ2n) is 6.59. The Morgan fingerprint density at radius 2 is 1.26 bits per heavy atom. The second kappa shape index (κ2) is 9.20. The maximum Gasteiger partial charge on any atom is 0.180 e. The van der Waals surface area contributed by atoms with Gasteiger partial charge in [0, 0.05) is 22.1 Å². The van der Waals surface area contributed by atoms with E-state index in [4.69, 9.17) is 15.8 Å². The van der Waals surface area contributed by atoms with E-state index in [9.17, 15) is 31.6 Å². The quantitative estimate of drug-likeness (QED) is 0.424. The minimum atomic E-state index is -2.04. The normalized spacial score (nSPS) is 11.0. The van der Waals surface area contributed by atoms with Crippen LogP contribution in [0.25, 0.3) is 22.3 Å². The Morgan fingerprint density at radius 3 is 1.76 bits per heavy atom. The summed E-state index contributed by atoms with van der Waals surface area (Å²) in [6, 6.07) is 10.9. The van der Waals surface area contributed by atoms with Crippen molar-refractivity contribution < 1.29 is 26.3 Å². The summed E-state index contributed by atoms with van der Waals surface area (Å²) in [5.74, 6) is -10.3. The van der Waals surface area contributed by atoms with Gasteiger partial charge in [0.25, 0.3) is 0 Å². The molecule has 0 radical (unpaired) electrons. The van der Waals surface area contributed by atoms with Gasteiger partial charge in [-0.25, -0.2) is 26.3 Å². The molecule has 0 unspecified atom stereocenters. The summed E-state index contributed by atoms with van der Waals surface area (Å²) in [5, 5.41) is 36.1. The standard InChI is InChI=1S/C24H6F6N4/c25-13-2-4-15(19(26)6-13)16-5-11(12(7-31)8-32)1-3-14(16)17(9-33)20-23(29)21(27)18(10-34)22(28)24(20)30/h1-6H/b17-14+. The van der Waals surface area contributed by atoms with Crippen LogP contribution in [-0.2, 0) is 0 Å². The first-order valence-corrected chi connectivity index (χ1v) is 9.00. The molecule has 34 heavy (non-hydrogen) atoms. The molecule has 3 rings (SSSR count). The molecule has 0 N–H and O–H groups in total. The number of halogens is 6. The van der Waals surface area contributed by atoms with E-state index in [1.54, 1.807) is 12.1 Å². The number of hydrogen-bond acceptors (Lipinski definition) is 4. The molecule has 0 aliphatic carbocycles. The Balaban J connectivity index is 2.63. The molecule has 0 saturated heterocycles. The summed E-state index contributed by atoms with van der Waals surface area (Å²) in [7, 11) is 0. The van der Waals surface area contributed by atoms with E-state index >= 15 is 0 Å². The number of rotatable bonds is 2. The number of hydrogen-bond donors (Lipinski definition) is 0. The Bertz CT molecular complexity index is 1620. The highest BCUT2D eigenvalue weighted by Gasteiger charge is 2.28. The van der Waals surface area contributed by atoms with Crippen molar-refractivity contribution in [3.63, 3.8) is 0 Å².